The van der Waals surface area contributed by atoms with Gasteiger partial charge in [-0.05, 0) is 24.1 Å². The number of hydrogen-bond acceptors (Lipinski definition) is 4. The first-order valence-electron chi connectivity index (χ1n) is 7.17. The van der Waals surface area contributed by atoms with E-state index in [0.29, 0.717) is 17.8 Å². The van der Waals surface area contributed by atoms with Gasteiger partial charge in [-0.2, -0.15) is 0 Å². The fourth-order valence-electron chi connectivity index (χ4n) is 2.22. The van der Waals surface area contributed by atoms with E-state index in [1.54, 1.807) is 6.07 Å². The van der Waals surface area contributed by atoms with E-state index in [0.717, 1.165) is 44.8 Å². The van der Waals surface area contributed by atoms with Crippen LogP contribution in [0.1, 0.15) is 29.3 Å². The zero-order valence-corrected chi connectivity index (χ0v) is 12.0. The molecule has 20 heavy (non-hydrogen) atoms. The van der Waals surface area contributed by atoms with Gasteiger partial charge in [0, 0.05) is 37.4 Å². The number of rotatable bonds is 5. The Hall–Kier alpha value is -1.59. The molecule has 1 aromatic rings. The van der Waals surface area contributed by atoms with Gasteiger partial charge >= 0.3 is 0 Å². The Morgan fingerprint density at radius 2 is 2.15 bits per heavy atom. The van der Waals surface area contributed by atoms with Gasteiger partial charge in [0.15, 0.2) is 0 Å². The normalized spacial score (nSPS) is 16.1. The summed E-state index contributed by atoms with van der Waals surface area (Å²) in [5.41, 5.74) is 8.44. The molecule has 1 saturated heterocycles. The number of nitrogens with two attached hydrogens (primary N) is 1. The van der Waals surface area contributed by atoms with Crippen molar-refractivity contribution in [1.82, 2.24) is 10.2 Å². The number of morpholine rings is 1. The van der Waals surface area contributed by atoms with Crippen molar-refractivity contribution in [3.05, 3.63) is 29.3 Å². The number of nitrogen functional groups attached to an aromatic ring is 1. The van der Waals surface area contributed by atoms with Gasteiger partial charge in [0.05, 0.1) is 13.2 Å². The lowest BCUT2D eigenvalue weighted by Gasteiger charge is -2.27. The maximum Gasteiger partial charge on any atom is 0.251 e. The number of nitrogens with one attached hydrogen (secondary N) is 1. The van der Waals surface area contributed by atoms with Gasteiger partial charge in [0.25, 0.3) is 5.91 Å². The molecule has 1 heterocycles. The molecule has 0 radical (unpaired) electrons. The van der Waals surface area contributed by atoms with Crippen LogP contribution in [0.15, 0.2) is 18.2 Å². The van der Waals surface area contributed by atoms with Crippen molar-refractivity contribution in [1.29, 1.82) is 0 Å². The molecule has 1 aromatic carbocycles. The average molecular weight is 277 g/mol. The summed E-state index contributed by atoms with van der Waals surface area (Å²) in [5, 5.41) is 2.86. The summed E-state index contributed by atoms with van der Waals surface area (Å²) in [4.78, 5) is 14.2. The third-order valence-corrected chi connectivity index (χ3v) is 3.44. The number of nitrogens with zero attached hydrogens (tertiary/aromatic N) is 1. The second kappa shape index (κ2) is 7.26. The molecule has 1 aliphatic rings. The number of benzene rings is 1. The van der Waals surface area contributed by atoms with Crippen molar-refractivity contribution in [2.75, 3.05) is 38.6 Å². The van der Waals surface area contributed by atoms with E-state index < -0.39 is 0 Å². The van der Waals surface area contributed by atoms with Crippen LogP contribution in [0.3, 0.4) is 0 Å². The molecule has 0 bridgehead atoms. The minimum absolute atomic E-state index is 0.0588. The summed E-state index contributed by atoms with van der Waals surface area (Å²) >= 11 is 0. The molecular formula is C15H23N3O2. The molecule has 1 amide bonds. The number of amides is 1. The van der Waals surface area contributed by atoms with Crippen LogP contribution in [-0.2, 0) is 11.3 Å². The van der Waals surface area contributed by atoms with Crippen LogP contribution >= 0.6 is 0 Å². The molecule has 0 unspecified atom stereocenters. The molecule has 3 N–H and O–H groups in total. The first-order valence-corrected chi connectivity index (χ1v) is 7.17. The van der Waals surface area contributed by atoms with E-state index >= 15 is 0 Å². The highest BCUT2D eigenvalue weighted by Crippen LogP contribution is 2.17. The summed E-state index contributed by atoms with van der Waals surface area (Å²) < 4.78 is 5.33. The molecule has 110 valence electrons. The summed E-state index contributed by atoms with van der Waals surface area (Å²) in [6, 6.07) is 5.56. The minimum Gasteiger partial charge on any atom is -0.398 e. The zero-order chi connectivity index (χ0) is 14.4. The monoisotopic (exact) mass is 277 g/mol. The van der Waals surface area contributed by atoms with Crippen LogP contribution in [0.4, 0.5) is 5.69 Å². The lowest BCUT2D eigenvalue weighted by molar-refractivity contribution is 0.0343. The van der Waals surface area contributed by atoms with Gasteiger partial charge in [0.1, 0.15) is 0 Å². The quantitative estimate of drug-likeness (QED) is 0.795. The van der Waals surface area contributed by atoms with E-state index in [-0.39, 0.29) is 5.91 Å². The molecule has 0 saturated carbocycles. The molecule has 0 aliphatic carbocycles. The minimum atomic E-state index is -0.0588. The van der Waals surface area contributed by atoms with Crippen molar-refractivity contribution in [2.24, 2.45) is 0 Å². The van der Waals surface area contributed by atoms with Crippen molar-refractivity contribution in [3.8, 4) is 0 Å². The SMILES string of the molecule is CCCNC(=O)c1ccc(CN2CCOCC2)c(N)c1. The molecule has 0 aromatic heterocycles. The van der Waals surface area contributed by atoms with Crippen LogP contribution in [0.25, 0.3) is 0 Å². The van der Waals surface area contributed by atoms with Gasteiger partial charge in [-0.3, -0.25) is 9.69 Å². The average Bonchev–Trinajstić information content (AvgIpc) is 2.48. The van der Waals surface area contributed by atoms with Crippen molar-refractivity contribution >= 4 is 11.6 Å². The van der Waals surface area contributed by atoms with Gasteiger partial charge in [-0.15, -0.1) is 0 Å². The Morgan fingerprint density at radius 1 is 1.40 bits per heavy atom. The van der Waals surface area contributed by atoms with Gasteiger partial charge < -0.3 is 15.8 Å². The number of carbonyl (C=O) groups is 1. The first kappa shape index (κ1) is 14.8. The molecule has 2 rings (SSSR count). The van der Waals surface area contributed by atoms with Crippen LogP contribution in [-0.4, -0.2) is 43.7 Å². The Bertz CT molecular complexity index is 456. The topological polar surface area (TPSA) is 67.6 Å². The van der Waals surface area contributed by atoms with Crippen LogP contribution in [0.2, 0.25) is 0 Å². The molecule has 0 spiro atoms. The Kier molecular flexibility index (Phi) is 5.38. The van der Waals surface area contributed by atoms with Crippen molar-refractivity contribution < 1.29 is 9.53 Å². The second-order valence-corrected chi connectivity index (χ2v) is 5.06. The van der Waals surface area contributed by atoms with E-state index in [2.05, 4.69) is 10.2 Å². The highest BCUT2D eigenvalue weighted by molar-refractivity contribution is 5.95. The molecular weight excluding hydrogens is 254 g/mol. The Morgan fingerprint density at radius 3 is 2.80 bits per heavy atom. The van der Waals surface area contributed by atoms with E-state index in [9.17, 15) is 4.79 Å². The van der Waals surface area contributed by atoms with Crippen LogP contribution in [0.5, 0.6) is 0 Å². The molecule has 5 heteroatoms. The molecule has 5 nitrogen and oxygen atoms in total. The smallest absolute Gasteiger partial charge is 0.251 e. The summed E-state index contributed by atoms with van der Waals surface area (Å²) in [6.07, 6.45) is 0.927. The highest BCUT2D eigenvalue weighted by Gasteiger charge is 2.13. The fraction of sp³-hybridized carbons (Fsp3) is 0.533. The maximum atomic E-state index is 11.9. The fourth-order valence-corrected chi connectivity index (χ4v) is 2.22. The van der Waals surface area contributed by atoms with E-state index in [4.69, 9.17) is 10.5 Å². The summed E-state index contributed by atoms with van der Waals surface area (Å²) in [7, 11) is 0. The molecule has 0 atom stereocenters. The summed E-state index contributed by atoms with van der Waals surface area (Å²) in [5.74, 6) is -0.0588. The lowest BCUT2D eigenvalue weighted by atomic mass is 10.1. The standard InChI is InChI=1S/C15H23N3O2/c1-2-5-17-15(19)12-3-4-13(14(16)10-12)11-18-6-8-20-9-7-18/h3-4,10H,2,5-9,11,16H2,1H3,(H,17,19). The first-order chi connectivity index (χ1) is 9.70. The number of ether oxygens (including phenoxy) is 1. The Balaban J connectivity index is 1.99. The highest BCUT2D eigenvalue weighted by atomic mass is 16.5. The van der Waals surface area contributed by atoms with Gasteiger partial charge in [0.2, 0.25) is 0 Å². The predicted octanol–water partition coefficient (Wildman–Crippen LogP) is 1.24. The third kappa shape index (κ3) is 3.95. The summed E-state index contributed by atoms with van der Waals surface area (Å²) in [6.45, 7) is 6.94. The molecule has 1 fully saturated rings. The maximum absolute atomic E-state index is 11.9. The lowest BCUT2D eigenvalue weighted by Crippen LogP contribution is -2.35. The number of carbonyl (C=O) groups excluding carboxylic acids is 1. The number of anilines is 1. The largest absolute Gasteiger partial charge is 0.398 e. The van der Waals surface area contributed by atoms with Crippen LogP contribution in [0, 0.1) is 0 Å². The van der Waals surface area contributed by atoms with Crippen molar-refractivity contribution in [2.45, 2.75) is 19.9 Å². The van der Waals surface area contributed by atoms with Crippen LogP contribution < -0.4 is 11.1 Å². The number of hydrogen-bond donors (Lipinski definition) is 2. The Labute approximate surface area is 120 Å². The van der Waals surface area contributed by atoms with Gasteiger partial charge in [-0.1, -0.05) is 13.0 Å². The van der Waals surface area contributed by atoms with Crippen molar-refractivity contribution in [3.63, 3.8) is 0 Å². The van der Waals surface area contributed by atoms with Gasteiger partial charge in [-0.25, -0.2) is 0 Å². The third-order valence-electron chi connectivity index (χ3n) is 3.44. The van der Waals surface area contributed by atoms with E-state index in [1.807, 2.05) is 19.1 Å². The second-order valence-electron chi connectivity index (χ2n) is 5.06. The molecule has 1 aliphatic heterocycles. The zero-order valence-electron chi connectivity index (χ0n) is 12.0. The predicted molar refractivity (Wildman–Crippen MR) is 79.6 cm³/mol. The van der Waals surface area contributed by atoms with E-state index in [1.165, 1.54) is 0 Å².